The van der Waals surface area contributed by atoms with Crippen LogP contribution in [-0.2, 0) is 22.1 Å². The zero-order valence-electron chi connectivity index (χ0n) is 11.8. The van der Waals surface area contributed by atoms with E-state index in [9.17, 15) is 18.0 Å². The van der Waals surface area contributed by atoms with Gasteiger partial charge < -0.3 is 9.64 Å². The molecule has 1 heterocycles. The summed E-state index contributed by atoms with van der Waals surface area (Å²) in [6.45, 7) is 1.98. The third-order valence-corrected chi connectivity index (χ3v) is 3.68. The number of ether oxygens (including phenoxy) is 1. The van der Waals surface area contributed by atoms with Crippen LogP contribution in [0.15, 0.2) is 24.3 Å². The average Bonchev–Trinajstić information content (AvgIpc) is 2.87. The molecule has 1 amide bonds. The third-order valence-electron chi connectivity index (χ3n) is 3.68. The van der Waals surface area contributed by atoms with Crippen LogP contribution >= 0.6 is 0 Å². The molecule has 1 aliphatic rings. The molecule has 0 saturated carbocycles. The number of carbonyl (C=O) groups excluding carboxylic acids is 1. The van der Waals surface area contributed by atoms with Crippen molar-refractivity contribution in [3.05, 3.63) is 35.4 Å². The van der Waals surface area contributed by atoms with Crippen molar-refractivity contribution in [3.8, 4) is 0 Å². The van der Waals surface area contributed by atoms with Crippen molar-refractivity contribution in [3.63, 3.8) is 0 Å². The van der Waals surface area contributed by atoms with Crippen LogP contribution in [-0.4, -0.2) is 37.6 Å². The Morgan fingerprint density at radius 3 is 2.57 bits per heavy atom. The lowest BCUT2D eigenvalue weighted by molar-refractivity contribution is -0.137. The first-order valence-electron chi connectivity index (χ1n) is 6.83. The molecule has 1 aliphatic heterocycles. The van der Waals surface area contributed by atoms with E-state index in [2.05, 4.69) is 0 Å². The fraction of sp³-hybridized carbons (Fsp3) is 0.533. The van der Waals surface area contributed by atoms with Gasteiger partial charge in [-0.15, -0.1) is 0 Å². The number of rotatable bonds is 4. The highest BCUT2D eigenvalue weighted by atomic mass is 19.4. The van der Waals surface area contributed by atoms with Gasteiger partial charge in [-0.2, -0.15) is 13.2 Å². The Morgan fingerprint density at radius 1 is 1.33 bits per heavy atom. The minimum absolute atomic E-state index is 0.0478. The second-order valence-corrected chi connectivity index (χ2v) is 5.32. The molecular formula is C15H18F3NO2. The highest BCUT2D eigenvalue weighted by Crippen LogP contribution is 2.29. The Balaban J connectivity index is 1.91. The van der Waals surface area contributed by atoms with Crippen molar-refractivity contribution in [2.45, 2.75) is 19.0 Å². The number of halogens is 3. The van der Waals surface area contributed by atoms with Gasteiger partial charge in [-0.05, 0) is 24.1 Å². The summed E-state index contributed by atoms with van der Waals surface area (Å²) >= 11 is 0. The van der Waals surface area contributed by atoms with Gasteiger partial charge >= 0.3 is 6.18 Å². The lowest BCUT2D eigenvalue weighted by atomic mass is 10.1. The normalized spacial score (nSPS) is 19.0. The molecule has 1 unspecified atom stereocenters. The molecule has 0 bridgehead atoms. The number of amides is 1. The highest BCUT2D eigenvalue weighted by molar-refractivity contribution is 5.79. The maximum absolute atomic E-state index is 12.5. The van der Waals surface area contributed by atoms with Crippen molar-refractivity contribution >= 4 is 5.91 Å². The summed E-state index contributed by atoms with van der Waals surface area (Å²) in [6.07, 6.45) is -3.30. The monoisotopic (exact) mass is 301 g/mol. The van der Waals surface area contributed by atoms with Crippen LogP contribution in [0.4, 0.5) is 13.2 Å². The molecule has 1 aromatic rings. The van der Waals surface area contributed by atoms with Crippen molar-refractivity contribution in [1.29, 1.82) is 0 Å². The predicted octanol–water partition coefficient (Wildman–Crippen LogP) is 2.74. The van der Waals surface area contributed by atoms with Gasteiger partial charge in [0.2, 0.25) is 5.91 Å². The number of carbonyl (C=O) groups is 1. The maximum Gasteiger partial charge on any atom is 0.416 e. The molecule has 0 radical (unpaired) electrons. The van der Waals surface area contributed by atoms with E-state index in [1.165, 1.54) is 12.1 Å². The molecule has 1 saturated heterocycles. The second kappa shape index (κ2) is 6.47. The van der Waals surface area contributed by atoms with Crippen LogP contribution in [0.2, 0.25) is 0 Å². The topological polar surface area (TPSA) is 29.5 Å². The van der Waals surface area contributed by atoms with Crippen LogP contribution in [0, 0.1) is 5.92 Å². The van der Waals surface area contributed by atoms with E-state index in [1.54, 1.807) is 12.0 Å². The number of benzene rings is 1. The summed E-state index contributed by atoms with van der Waals surface area (Å²) < 4.78 is 42.4. The fourth-order valence-corrected chi connectivity index (χ4v) is 2.53. The Kier molecular flexibility index (Phi) is 4.88. The second-order valence-electron chi connectivity index (χ2n) is 5.32. The number of likely N-dealkylation sites (tertiary alicyclic amines) is 1. The Labute approximate surface area is 121 Å². The highest BCUT2D eigenvalue weighted by Gasteiger charge is 2.30. The molecule has 1 aromatic carbocycles. The van der Waals surface area contributed by atoms with Gasteiger partial charge in [0.1, 0.15) is 0 Å². The van der Waals surface area contributed by atoms with Crippen LogP contribution < -0.4 is 0 Å². The lowest BCUT2D eigenvalue weighted by Crippen LogP contribution is -2.30. The third kappa shape index (κ3) is 4.20. The fourth-order valence-electron chi connectivity index (χ4n) is 2.53. The van der Waals surface area contributed by atoms with E-state index in [-0.39, 0.29) is 12.3 Å². The van der Waals surface area contributed by atoms with E-state index in [0.717, 1.165) is 18.6 Å². The molecule has 116 valence electrons. The average molecular weight is 301 g/mol. The number of hydrogen-bond donors (Lipinski definition) is 0. The van der Waals surface area contributed by atoms with Crippen molar-refractivity contribution in [1.82, 2.24) is 4.90 Å². The molecule has 3 nitrogen and oxygen atoms in total. The molecule has 0 N–H and O–H groups in total. The molecular weight excluding hydrogens is 283 g/mol. The molecule has 0 aromatic heterocycles. The van der Waals surface area contributed by atoms with Gasteiger partial charge in [-0.1, -0.05) is 12.1 Å². The lowest BCUT2D eigenvalue weighted by Gasteiger charge is -2.16. The zero-order chi connectivity index (χ0) is 15.5. The first kappa shape index (κ1) is 15.8. The first-order valence-corrected chi connectivity index (χ1v) is 6.83. The largest absolute Gasteiger partial charge is 0.416 e. The van der Waals surface area contributed by atoms with Crippen LogP contribution in [0.3, 0.4) is 0 Å². The van der Waals surface area contributed by atoms with Crippen molar-refractivity contribution in [2.24, 2.45) is 5.92 Å². The Hall–Kier alpha value is -1.56. The standard InChI is InChI=1S/C15H18F3NO2/c1-21-10-12-6-7-19(9-12)14(20)8-11-2-4-13(5-3-11)15(16,17)18/h2-5,12H,6-10H2,1H3. The van der Waals surface area contributed by atoms with Gasteiger partial charge in [0.25, 0.3) is 0 Å². The molecule has 1 fully saturated rings. The Morgan fingerprint density at radius 2 is 2.00 bits per heavy atom. The van der Waals surface area contributed by atoms with E-state index in [1.807, 2.05) is 0 Å². The molecule has 21 heavy (non-hydrogen) atoms. The van der Waals surface area contributed by atoms with Gasteiger partial charge in [0.05, 0.1) is 18.6 Å². The maximum atomic E-state index is 12.5. The summed E-state index contributed by atoms with van der Waals surface area (Å²) in [5, 5.41) is 0. The molecule has 0 aliphatic carbocycles. The Bertz CT molecular complexity index is 485. The summed E-state index contributed by atoms with van der Waals surface area (Å²) in [6, 6.07) is 4.76. The summed E-state index contributed by atoms with van der Waals surface area (Å²) in [5.41, 5.74) is -0.0942. The summed E-state index contributed by atoms with van der Waals surface area (Å²) in [7, 11) is 1.63. The van der Waals surface area contributed by atoms with Crippen LogP contribution in [0.25, 0.3) is 0 Å². The van der Waals surface area contributed by atoms with Crippen molar-refractivity contribution in [2.75, 3.05) is 26.8 Å². The van der Waals surface area contributed by atoms with Crippen LogP contribution in [0.5, 0.6) is 0 Å². The molecule has 2 rings (SSSR count). The van der Waals surface area contributed by atoms with Gasteiger partial charge in [-0.25, -0.2) is 0 Å². The van der Waals surface area contributed by atoms with E-state index in [4.69, 9.17) is 4.74 Å². The molecule has 1 atom stereocenters. The van der Waals surface area contributed by atoms with E-state index >= 15 is 0 Å². The minimum Gasteiger partial charge on any atom is -0.384 e. The van der Waals surface area contributed by atoms with Gasteiger partial charge in [-0.3, -0.25) is 4.79 Å². The van der Waals surface area contributed by atoms with E-state index < -0.39 is 11.7 Å². The number of methoxy groups -OCH3 is 1. The van der Waals surface area contributed by atoms with E-state index in [0.29, 0.717) is 31.2 Å². The number of nitrogens with zero attached hydrogens (tertiary/aromatic N) is 1. The minimum atomic E-state index is -4.34. The summed E-state index contributed by atoms with van der Waals surface area (Å²) in [5.74, 6) is 0.305. The molecule has 0 spiro atoms. The predicted molar refractivity (Wildman–Crippen MR) is 71.7 cm³/mol. The summed E-state index contributed by atoms with van der Waals surface area (Å²) in [4.78, 5) is 13.9. The first-order chi connectivity index (χ1) is 9.90. The number of alkyl halides is 3. The van der Waals surface area contributed by atoms with Gasteiger partial charge in [0.15, 0.2) is 0 Å². The zero-order valence-corrected chi connectivity index (χ0v) is 11.8. The van der Waals surface area contributed by atoms with Crippen LogP contribution in [0.1, 0.15) is 17.5 Å². The quantitative estimate of drug-likeness (QED) is 0.856. The SMILES string of the molecule is COCC1CCN(C(=O)Cc2ccc(C(F)(F)F)cc2)C1. The van der Waals surface area contributed by atoms with Gasteiger partial charge in [0, 0.05) is 26.1 Å². The smallest absolute Gasteiger partial charge is 0.384 e. The van der Waals surface area contributed by atoms with Crippen molar-refractivity contribution < 1.29 is 22.7 Å². The number of hydrogen-bond acceptors (Lipinski definition) is 2. The molecule has 6 heteroatoms.